The van der Waals surface area contributed by atoms with E-state index in [2.05, 4.69) is 27.5 Å². The summed E-state index contributed by atoms with van der Waals surface area (Å²) in [5.41, 5.74) is 1.33. The van der Waals surface area contributed by atoms with Crippen LogP contribution in [0.4, 0.5) is 15.8 Å². The third-order valence-electron chi connectivity index (χ3n) is 5.87. The van der Waals surface area contributed by atoms with Crippen molar-refractivity contribution in [2.24, 2.45) is 0 Å². The van der Waals surface area contributed by atoms with Gasteiger partial charge in [-0.25, -0.2) is 4.39 Å². The summed E-state index contributed by atoms with van der Waals surface area (Å²) in [6.07, 6.45) is 4.82. The lowest BCUT2D eigenvalue weighted by atomic mass is 10.1. The van der Waals surface area contributed by atoms with Crippen LogP contribution in [0.25, 0.3) is 0 Å². The summed E-state index contributed by atoms with van der Waals surface area (Å²) in [5.74, 6) is -0.843. The van der Waals surface area contributed by atoms with Crippen LogP contribution in [-0.4, -0.2) is 60.4 Å². The summed E-state index contributed by atoms with van der Waals surface area (Å²) in [4.78, 5) is 30.1. The molecule has 0 saturated heterocycles. The zero-order chi connectivity index (χ0) is 21.8. The molecule has 0 aliphatic heterocycles. The fourth-order valence-electron chi connectivity index (χ4n) is 3.71. The second-order valence-electron chi connectivity index (χ2n) is 8.47. The van der Waals surface area contributed by atoms with Crippen LogP contribution in [0.5, 0.6) is 0 Å². The average Bonchev–Trinajstić information content (AvgIpc) is 3.65. The van der Waals surface area contributed by atoms with Crippen molar-refractivity contribution >= 4 is 23.2 Å². The van der Waals surface area contributed by atoms with Crippen LogP contribution in [0.1, 0.15) is 36.0 Å². The maximum absolute atomic E-state index is 13.1. The number of carbonyl (C=O) groups is 2. The van der Waals surface area contributed by atoms with Gasteiger partial charge in [0.2, 0.25) is 5.91 Å². The van der Waals surface area contributed by atoms with E-state index in [-0.39, 0.29) is 17.6 Å². The Bertz CT molecular complexity index is 925. The number of anilines is 2. The Hall–Kier alpha value is -2.77. The molecule has 2 saturated carbocycles. The molecule has 2 amide bonds. The predicted molar refractivity (Wildman–Crippen MR) is 120 cm³/mol. The molecule has 2 aromatic carbocycles. The minimum Gasteiger partial charge on any atom is -0.324 e. The Kier molecular flexibility index (Phi) is 6.63. The van der Waals surface area contributed by atoms with Gasteiger partial charge in [0.1, 0.15) is 5.82 Å². The standard InChI is InChI=1S/C24H29FN4O2/c1-28(19-10-11-19)14-15-29(20-12-13-20)16-23(30)27-22-5-3-2-4-21(22)24(31)26-18-8-6-17(25)7-9-18/h2-9,19-20H,10-16H2,1H3,(H,26,31)(H,27,30). The molecule has 0 bridgehead atoms. The largest absolute Gasteiger partial charge is 0.324 e. The zero-order valence-corrected chi connectivity index (χ0v) is 17.8. The van der Waals surface area contributed by atoms with Crippen molar-refractivity contribution < 1.29 is 14.0 Å². The molecule has 31 heavy (non-hydrogen) atoms. The first-order valence-electron chi connectivity index (χ1n) is 10.9. The summed E-state index contributed by atoms with van der Waals surface area (Å²) in [6.45, 7) is 2.15. The summed E-state index contributed by atoms with van der Waals surface area (Å²) >= 11 is 0. The van der Waals surface area contributed by atoms with Gasteiger partial charge in [0.25, 0.3) is 5.91 Å². The Morgan fingerprint density at radius 3 is 2.29 bits per heavy atom. The number of para-hydroxylation sites is 1. The van der Waals surface area contributed by atoms with Gasteiger partial charge in [0.05, 0.1) is 17.8 Å². The number of carbonyl (C=O) groups excluding carboxylic acids is 2. The Morgan fingerprint density at radius 1 is 0.935 bits per heavy atom. The molecule has 6 nitrogen and oxygen atoms in total. The molecule has 7 heteroatoms. The highest BCUT2D eigenvalue weighted by atomic mass is 19.1. The molecule has 2 aromatic rings. The van der Waals surface area contributed by atoms with Crippen molar-refractivity contribution in [3.8, 4) is 0 Å². The topological polar surface area (TPSA) is 64.7 Å². The number of amides is 2. The lowest BCUT2D eigenvalue weighted by molar-refractivity contribution is -0.117. The Balaban J connectivity index is 1.36. The number of rotatable bonds is 10. The molecule has 4 rings (SSSR count). The van der Waals surface area contributed by atoms with E-state index >= 15 is 0 Å². The third kappa shape index (κ3) is 6.12. The van der Waals surface area contributed by atoms with Gasteiger partial charge in [-0.05, 0) is 69.1 Å². The molecular weight excluding hydrogens is 395 g/mol. The van der Waals surface area contributed by atoms with E-state index in [1.807, 2.05) is 0 Å². The van der Waals surface area contributed by atoms with Gasteiger partial charge >= 0.3 is 0 Å². The molecule has 0 aromatic heterocycles. The second-order valence-corrected chi connectivity index (χ2v) is 8.47. The quantitative estimate of drug-likeness (QED) is 0.612. The van der Waals surface area contributed by atoms with Crippen LogP contribution >= 0.6 is 0 Å². The smallest absolute Gasteiger partial charge is 0.257 e. The minimum absolute atomic E-state index is 0.122. The summed E-state index contributed by atoms with van der Waals surface area (Å²) < 4.78 is 13.1. The number of nitrogens with one attached hydrogen (secondary N) is 2. The number of nitrogens with zero attached hydrogens (tertiary/aromatic N) is 2. The van der Waals surface area contributed by atoms with Crippen molar-refractivity contribution in [3.05, 3.63) is 59.9 Å². The Morgan fingerprint density at radius 2 is 1.61 bits per heavy atom. The first kappa shape index (κ1) is 21.5. The maximum Gasteiger partial charge on any atom is 0.257 e. The molecule has 0 atom stereocenters. The van der Waals surface area contributed by atoms with Crippen LogP contribution in [0.2, 0.25) is 0 Å². The van der Waals surface area contributed by atoms with Crippen LogP contribution in [0, 0.1) is 5.82 Å². The fourth-order valence-corrected chi connectivity index (χ4v) is 3.71. The van der Waals surface area contributed by atoms with Gasteiger partial charge < -0.3 is 15.5 Å². The molecule has 2 aliphatic carbocycles. The van der Waals surface area contributed by atoms with E-state index in [0.717, 1.165) is 25.9 Å². The first-order valence-corrected chi connectivity index (χ1v) is 10.9. The monoisotopic (exact) mass is 424 g/mol. The third-order valence-corrected chi connectivity index (χ3v) is 5.87. The first-order chi connectivity index (χ1) is 15.0. The summed E-state index contributed by atoms with van der Waals surface area (Å²) in [6, 6.07) is 13.7. The summed E-state index contributed by atoms with van der Waals surface area (Å²) in [5, 5.41) is 5.65. The van der Waals surface area contributed by atoms with E-state index in [1.54, 1.807) is 24.3 Å². The van der Waals surface area contributed by atoms with Crippen LogP contribution in [0.15, 0.2) is 48.5 Å². The molecule has 2 N–H and O–H groups in total. The molecule has 0 unspecified atom stereocenters. The van der Waals surface area contributed by atoms with E-state index in [0.29, 0.717) is 35.6 Å². The molecule has 164 valence electrons. The van der Waals surface area contributed by atoms with Crippen molar-refractivity contribution in [1.29, 1.82) is 0 Å². The van der Waals surface area contributed by atoms with Crippen molar-refractivity contribution in [1.82, 2.24) is 9.80 Å². The molecule has 0 spiro atoms. The van der Waals surface area contributed by atoms with Gasteiger partial charge in [0.15, 0.2) is 0 Å². The lowest BCUT2D eigenvalue weighted by Crippen LogP contribution is -2.40. The van der Waals surface area contributed by atoms with Crippen molar-refractivity contribution in [2.45, 2.75) is 37.8 Å². The van der Waals surface area contributed by atoms with E-state index in [9.17, 15) is 14.0 Å². The molecule has 2 fully saturated rings. The highest BCUT2D eigenvalue weighted by molar-refractivity contribution is 6.10. The molecule has 2 aliphatic rings. The van der Waals surface area contributed by atoms with Crippen molar-refractivity contribution in [3.63, 3.8) is 0 Å². The van der Waals surface area contributed by atoms with Gasteiger partial charge in [-0.1, -0.05) is 12.1 Å². The fraction of sp³-hybridized carbons (Fsp3) is 0.417. The minimum atomic E-state index is -0.366. The number of hydrogen-bond acceptors (Lipinski definition) is 4. The maximum atomic E-state index is 13.1. The Labute approximate surface area is 182 Å². The SMILES string of the molecule is CN(CCN(CC(=O)Nc1ccccc1C(=O)Nc1ccc(F)cc1)C1CC1)C1CC1. The number of likely N-dealkylation sites (N-methyl/N-ethyl adjacent to an activating group) is 1. The average molecular weight is 425 g/mol. The summed E-state index contributed by atoms with van der Waals surface area (Å²) in [7, 11) is 2.15. The van der Waals surface area contributed by atoms with E-state index in [1.165, 1.54) is 37.1 Å². The molecule has 0 radical (unpaired) electrons. The van der Waals surface area contributed by atoms with Crippen LogP contribution in [-0.2, 0) is 4.79 Å². The highest BCUT2D eigenvalue weighted by Gasteiger charge is 2.32. The van der Waals surface area contributed by atoms with Gasteiger partial charge in [-0.15, -0.1) is 0 Å². The predicted octanol–water partition coefficient (Wildman–Crippen LogP) is 3.58. The number of hydrogen-bond donors (Lipinski definition) is 2. The van der Waals surface area contributed by atoms with E-state index in [4.69, 9.17) is 0 Å². The normalized spacial score (nSPS) is 15.9. The van der Waals surface area contributed by atoms with Crippen LogP contribution in [0.3, 0.4) is 0 Å². The van der Waals surface area contributed by atoms with Crippen LogP contribution < -0.4 is 10.6 Å². The highest BCUT2D eigenvalue weighted by Crippen LogP contribution is 2.28. The van der Waals surface area contributed by atoms with Crippen molar-refractivity contribution in [2.75, 3.05) is 37.3 Å². The lowest BCUT2D eigenvalue weighted by Gasteiger charge is -2.25. The molecular formula is C24H29FN4O2. The number of benzene rings is 2. The van der Waals surface area contributed by atoms with Gasteiger partial charge in [-0.2, -0.15) is 0 Å². The second kappa shape index (κ2) is 9.58. The van der Waals surface area contributed by atoms with Gasteiger partial charge in [-0.3, -0.25) is 14.5 Å². The molecule has 0 heterocycles. The van der Waals surface area contributed by atoms with Gasteiger partial charge in [0, 0.05) is 30.9 Å². The van der Waals surface area contributed by atoms with E-state index < -0.39 is 0 Å². The zero-order valence-electron chi connectivity index (χ0n) is 17.8. The number of halogens is 1.